The van der Waals surface area contributed by atoms with Crippen LogP contribution in [0.2, 0.25) is 0 Å². The molecule has 0 aromatic rings. The molecule has 1 fully saturated rings. The maximum atomic E-state index is 11.6. The van der Waals surface area contributed by atoms with Crippen molar-refractivity contribution in [3.63, 3.8) is 0 Å². The van der Waals surface area contributed by atoms with E-state index in [4.69, 9.17) is 10.8 Å². The third-order valence-electron chi connectivity index (χ3n) is 3.00. The summed E-state index contributed by atoms with van der Waals surface area (Å²) in [5.74, 6) is -1.32. The molecular formula is C10H18N2O3. The first kappa shape index (κ1) is 12.0. The van der Waals surface area contributed by atoms with E-state index in [-0.39, 0.29) is 11.8 Å². The first-order valence-electron chi connectivity index (χ1n) is 5.20. The molecule has 5 heteroatoms. The molecule has 0 aromatic heterocycles. The van der Waals surface area contributed by atoms with E-state index in [1.165, 1.54) is 0 Å². The normalized spacial score (nSPS) is 20.5. The summed E-state index contributed by atoms with van der Waals surface area (Å²) in [6.07, 6.45) is 1.83. The van der Waals surface area contributed by atoms with E-state index in [9.17, 15) is 9.59 Å². The van der Waals surface area contributed by atoms with Gasteiger partial charge in [0.1, 0.15) is 5.54 Å². The van der Waals surface area contributed by atoms with Crippen LogP contribution in [0.4, 0.5) is 0 Å². The molecule has 1 aliphatic carbocycles. The third-order valence-corrected chi connectivity index (χ3v) is 3.00. The van der Waals surface area contributed by atoms with Crippen molar-refractivity contribution in [2.24, 2.45) is 11.7 Å². The van der Waals surface area contributed by atoms with Crippen molar-refractivity contribution in [2.45, 2.75) is 44.7 Å². The molecule has 1 rings (SSSR count). The van der Waals surface area contributed by atoms with E-state index in [1.54, 1.807) is 0 Å². The Bertz CT molecular complexity index is 272. The number of amides is 1. The Balaban J connectivity index is 2.60. The highest BCUT2D eigenvalue weighted by Gasteiger charge is 2.46. The van der Waals surface area contributed by atoms with Crippen LogP contribution in [0.5, 0.6) is 0 Å². The van der Waals surface area contributed by atoms with Crippen LogP contribution in [0.25, 0.3) is 0 Å². The number of carbonyl (C=O) groups is 2. The number of hydrogen-bond donors (Lipinski definition) is 3. The minimum absolute atomic E-state index is 0.0101. The zero-order valence-electron chi connectivity index (χ0n) is 9.12. The highest BCUT2D eigenvalue weighted by Crippen LogP contribution is 2.32. The lowest BCUT2D eigenvalue weighted by Crippen LogP contribution is -2.62. The molecular weight excluding hydrogens is 196 g/mol. The lowest BCUT2D eigenvalue weighted by atomic mass is 9.76. The maximum Gasteiger partial charge on any atom is 0.329 e. The van der Waals surface area contributed by atoms with Crippen LogP contribution < -0.4 is 11.1 Å². The van der Waals surface area contributed by atoms with E-state index in [0.717, 1.165) is 6.42 Å². The number of carboxylic acid groups (broad SMARTS) is 1. The van der Waals surface area contributed by atoms with Crippen molar-refractivity contribution >= 4 is 11.9 Å². The molecule has 86 valence electrons. The number of hydrogen-bond acceptors (Lipinski definition) is 3. The minimum atomic E-state index is -1.05. The fraction of sp³-hybridized carbons (Fsp3) is 0.800. The molecule has 0 heterocycles. The lowest BCUT2D eigenvalue weighted by Gasteiger charge is -2.39. The number of rotatable bonds is 4. The number of nitrogens with one attached hydrogen (secondary N) is 1. The summed E-state index contributed by atoms with van der Waals surface area (Å²) >= 11 is 0. The highest BCUT2D eigenvalue weighted by atomic mass is 16.4. The Morgan fingerprint density at radius 1 is 1.40 bits per heavy atom. The number of aliphatic carboxylic acids is 1. The fourth-order valence-corrected chi connectivity index (χ4v) is 1.54. The van der Waals surface area contributed by atoms with Crippen molar-refractivity contribution in [1.82, 2.24) is 5.32 Å². The first-order valence-corrected chi connectivity index (χ1v) is 5.20. The Hall–Kier alpha value is -1.10. The largest absolute Gasteiger partial charge is 0.480 e. The number of carbonyl (C=O) groups excluding carboxylic acids is 1. The Morgan fingerprint density at radius 2 is 1.93 bits per heavy atom. The van der Waals surface area contributed by atoms with Crippen molar-refractivity contribution < 1.29 is 14.7 Å². The van der Waals surface area contributed by atoms with Gasteiger partial charge in [0.25, 0.3) is 0 Å². The number of carboxylic acids is 1. The lowest BCUT2D eigenvalue weighted by molar-refractivity contribution is -0.152. The third kappa shape index (κ3) is 2.28. The second-order valence-electron chi connectivity index (χ2n) is 4.50. The van der Waals surface area contributed by atoms with E-state index in [1.807, 2.05) is 13.8 Å². The van der Waals surface area contributed by atoms with Gasteiger partial charge in [0.2, 0.25) is 5.91 Å². The summed E-state index contributed by atoms with van der Waals surface area (Å²) in [5, 5.41) is 11.5. The standard InChI is InChI=1S/C10H18N2O3/c1-6(2)7(11)8(13)12-10(9(14)15)4-3-5-10/h6-7H,3-5,11H2,1-2H3,(H,12,13)(H,14,15)/t7-/m0/s1. The summed E-state index contributed by atoms with van der Waals surface area (Å²) in [5.41, 5.74) is 4.59. The fourth-order valence-electron chi connectivity index (χ4n) is 1.54. The summed E-state index contributed by atoms with van der Waals surface area (Å²) in [7, 11) is 0. The smallest absolute Gasteiger partial charge is 0.329 e. The van der Waals surface area contributed by atoms with Gasteiger partial charge in [-0.1, -0.05) is 13.8 Å². The van der Waals surface area contributed by atoms with Crippen molar-refractivity contribution in [1.29, 1.82) is 0 Å². The van der Waals surface area contributed by atoms with Crippen LogP contribution in [0.3, 0.4) is 0 Å². The zero-order chi connectivity index (χ0) is 11.6. The Morgan fingerprint density at radius 3 is 2.20 bits per heavy atom. The van der Waals surface area contributed by atoms with Gasteiger partial charge in [-0.2, -0.15) is 0 Å². The molecule has 5 nitrogen and oxygen atoms in total. The average molecular weight is 214 g/mol. The van der Waals surface area contributed by atoms with Crippen molar-refractivity contribution in [3.8, 4) is 0 Å². The molecule has 15 heavy (non-hydrogen) atoms. The summed E-state index contributed by atoms with van der Waals surface area (Å²) < 4.78 is 0. The van der Waals surface area contributed by atoms with E-state index in [2.05, 4.69) is 5.32 Å². The van der Waals surface area contributed by atoms with E-state index >= 15 is 0 Å². The number of nitrogens with two attached hydrogens (primary N) is 1. The minimum Gasteiger partial charge on any atom is -0.480 e. The van der Waals surface area contributed by atoms with Crippen molar-refractivity contribution in [3.05, 3.63) is 0 Å². The van der Waals surface area contributed by atoms with Gasteiger partial charge in [-0.15, -0.1) is 0 Å². The average Bonchev–Trinajstić information content (AvgIpc) is 2.08. The van der Waals surface area contributed by atoms with Gasteiger partial charge in [0.15, 0.2) is 0 Å². The second kappa shape index (κ2) is 4.18. The molecule has 0 radical (unpaired) electrons. The summed E-state index contributed by atoms with van der Waals surface area (Å²) in [4.78, 5) is 22.6. The maximum absolute atomic E-state index is 11.6. The van der Waals surface area contributed by atoms with Gasteiger partial charge < -0.3 is 16.2 Å². The van der Waals surface area contributed by atoms with Gasteiger partial charge in [-0.05, 0) is 25.2 Å². The van der Waals surface area contributed by atoms with Crippen LogP contribution in [0, 0.1) is 5.92 Å². The topological polar surface area (TPSA) is 92.4 Å². The summed E-state index contributed by atoms with van der Waals surface area (Å²) in [6.45, 7) is 3.66. The van der Waals surface area contributed by atoms with Crippen LogP contribution in [0.15, 0.2) is 0 Å². The molecule has 4 N–H and O–H groups in total. The van der Waals surface area contributed by atoms with Crippen LogP contribution in [0.1, 0.15) is 33.1 Å². The van der Waals surface area contributed by atoms with Crippen molar-refractivity contribution in [2.75, 3.05) is 0 Å². The molecule has 0 unspecified atom stereocenters. The molecule has 0 bridgehead atoms. The van der Waals surface area contributed by atoms with Gasteiger partial charge in [0, 0.05) is 0 Å². The van der Waals surface area contributed by atoms with Crippen LogP contribution in [-0.4, -0.2) is 28.6 Å². The SMILES string of the molecule is CC(C)[C@H](N)C(=O)NC1(C(=O)O)CCC1. The van der Waals surface area contributed by atoms with Gasteiger partial charge in [0.05, 0.1) is 6.04 Å². The van der Waals surface area contributed by atoms with Gasteiger partial charge in [-0.25, -0.2) is 4.79 Å². The quantitative estimate of drug-likeness (QED) is 0.618. The molecule has 0 aromatic carbocycles. The van der Waals surface area contributed by atoms with Gasteiger partial charge >= 0.3 is 5.97 Å². The highest BCUT2D eigenvalue weighted by molar-refractivity contribution is 5.90. The predicted octanol–water partition coefficient (Wildman–Crippen LogP) is 0.0932. The predicted molar refractivity (Wildman–Crippen MR) is 55.2 cm³/mol. The molecule has 0 aliphatic heterocycles. The molecule has 0 saturated heterocycles. The van der Waals surface area contributed by atoms with Crippen LogP contribution >= 0.6 is 0 Å². The molecule has 1 aliphatic rings. The zero-order valence-corrected chi connectivity index (χ0v) is 9.12. The van der Waals surface area contributed by atoms with E-state index in [0.29, 0.717) is 12.8 Å². The molecule has 1 saturated carbocycles. The first-order chi connectivity index (χ1) is 6.89. The molecule has 1 atom stereocenters. The second-order valence-corrected chi connectivity index (χ2v) is 4.50. The Labute approximate surface area is 89.0 Å². The summed E-state index contributed by atoms with van der Waals surface area (Å²) in [6, 6.07) is -0.637. The van der Waals surface area contributed by atoms with Gasteiger partial charge in [-0.3, -0.25) is 4.79 Å². The Kier molecular flexibility index (Phi) is 3.34. The van der Waals surface area contributed by atoms with Crippen LogP contribution in [-0.2, 0) is 9.59 Å². The molecule has 0 spiro atoms. The molecule has 1 amide bonds. The monoisotopic (exact) mass is 214 g/mol. The van der Waals surface area contributed by atoms with E-state index < -0.39 is 17.6 Å².